The summed E-state index contributed by atoms with van der Waals surface area (Å²) in [6.07, 6.45) is 12.9. The summed E-state index contributed by atoms with van der Waals surface area (Å²) in [5.74, 6) is -0.263. The Bertz CT molecular complexity index is 996. The van der Waals surface area contributed by atoms with E-state index in [1.165, 1.54) is 33.8 Å². The summed E-state index contributed by atoms with van der Waals surface area (Å²) in [7, 11) is 0. The summed E-state index contributed by atoms with van der Waals surface area (Å²) >= 11 is 1.80. The highest BCUT2D eigenvalue weighted by atomic mass is 32.1. The first kappa shape index (κ1) is 20.9. The van der Waals surface area contributed by atoms with Crippen molar-refractivity contribution in [3.8, 4) is 0 Å². The van der Waals surface area contributed by atoms with Crippen molar-refractivity contribution < 1.29 is 14.1 Å². The fourth-order valence-corrected chi connectivity index (χ4v) is 5.62. The summed E-state index contributed by atoms with van der Waals surface area (Å²) in [5, 5.41) is 1.22. The number of fused-ring (bicyclic) bond motifs is 1. The van der Waals surface area contributed by atoms with Gasteiger partial charge in [0.05, 0.1) is 12.5 Å². The number of carbonyl (C=O) groups excluding carboxylic acids is 1. The molecule has 0 bridgehead atoms. The van der Waals surface area contributed by atoms with E-state index in [0.29, 0.717) is 6.61 Å². The molecular weight excluding hydrogens is 392 g/mol. The maximum Gasteiger partial charge on any atom is 0.313 e. The van der Waals surface area contributed by atoms with Gasteiger partial charge in [0.1, 0.15) is 11.2 Å². The van der Waals surface area contributed by atoms with Crippen molar-refractivity contribution in [3.63, 3.8) is 0 Å². The third kappa shape index (κ3) is 4.36. The van der Waals surface area contributed by atoms with E-state index in [4.69, 9.17) is 4.74 Å². The number of rotatable bonds is 6. The van der Waals surface area contributed by atoms with Crippen molar-refractivity contribution in [2.75, 3.05) is 19.7 Å². The highest BCUT2D eigenvalue weighted by molar-refractivity contribution is 7.18. The van der Waals surface area contributed by atoms with Crippen LogP contribution >= 0.6 is 11.3 Å². The molecule has 0 spiro atoms. The van der Waals surface area contributed by atoms with E-state index in [9.17, 15) is 4.79 Å². The molecule has 2 aliphatic rings. The monoisotopic (exact) mass is 423 g/mol. The van der Waals surface area contributed by atoms with Crippen molar-refractivity contribution in [3.05, 3.63) is 58.8 Å². The normalized spacial score (nSPS) is 21.0. The summed E-state index contributed by atoms with van der Waals surface area (Å²) in [5.41, 5.74) is 3.72. The van der Waals surface area contributed by atoms with Gasteiger partial charge in [-0.1, -0.05) is 35.6 Å². The van der Waals surface area contributed by atoms with Crippen LogP contribution in [0.3, 0.4) is 0 Å². The first-order valence-electron chi connectivity index (χ1n) is 11.1. The number of esters is 1. The fraction of sp³-hybridized carbons (Fsp3) is 0.440. The van der Waals surface area contributed by atoms with Crippen molar-refractivity contribution in [2.45, 2.75) is 46.1 Å². The highest BCUT2D eigenvalue weighted by Gasteiger charge is 2.29. The molecule has 1 atom stereocenters. The Kier molecular flexibility index (Phi) is 6.68. The van der Waals surface area contributed by atoms with Crippen LogP contribution < -0.4 is 4.57 Å². The summed E-state index contributed by atoms with van der Waals surface area (Å²) in [4.78, 5) is 15.0. The molecule has 2 aromatic rings. The van der Waals surface area contributed by atoms with Crippen LogP contribution in [0.5, 0.6) is 0 Å². The molecule has 0 saturated carbocycles. The molecule has 1 aliphatic heterocycles. The Morgan fingerprint density at radius 3 is 2.83 bits per heavy atom. The molecule has 1 unspecified atom stereocenters. The second kappa shape index (κ2) is 9.61. The van der Waals surface area contributed by atoms with E-state index in [-0.39, 0.29) is 11.9 Å². The first-order valence-corrected chi connectivity index (χ1v) is 11.9. The average Bonchev–Trinajstić information content (AvgIpc) is 3.41. The predicted octanol–water partition coefficient (Wildman–Crippen LogP) is 5.10. The molecule has 0 radical (unpaired) electrons. The van der Waals surface area contributed by atoms with E-state index in [0.717, 1.165) is 38.0 Å². The molecule has 158 valence electrons. The first-order chi connectivity index (χ1) is 14.7. The molecule has 1 saturated heterocycles. The molecule has 5 heteroatoms. The molecule has 30 heavy (non-hydrogen) atoms. The lowest BCUT2D eigenvalue weighted by Crippen LogP contribution is -2.33. The van der Waals surface area contributed by atoms with Crippen LogP contribution in [0.15, 0.2) is 53.8 Å². The van der Waals surface area contributed by atoms with Gasteiger partial charge >= 0.3 is 5.97 Å². The minimum Gasteiger partial charge on any atom is -0.466 e. The number of para-hydroxylation sites is 1. The number of aryl methyl sites for hydroxylation is 1. The maximum atomic E-state index is 12.6. The summed E-state index contributed by atoms with van der Waals surface area (Å²) < 4.78 is 9.00. The van der Waals surface area contributed by atoms with Gasteiger partial charge in [0.25, 0.3) is 5.01 Å². The molecule has 4 nitrogen and oxygen atoms in total. The Morgan fingerprint density at radius 2 is 2.07 bits per heavy atom. The van der Waals surface area contributed by atoms with Gasteiger partial charge in [-0.05, 0) is 57.2 Å². The number of ether oxygens (including phenoxy) is 1. The molecule has 1 aliphatic carbocycles. The van der Waals surface area contributed by atoms with E-state index in [1.807, 2.05) is 6.92 Å². The van der Waals surface area contributed by atoms with Crippen molar-refractivity contribution in [2.24, 2.45) is 5.92 Å². The van der Waals surface area contributed by atoms with E-state index < -0.39 is 0 Å². The van der Waals surface area contributed by atoms with Crippen LogP contribution in [0, 0.1) is 5.92 Å². The van der Waals surface area contributed by atoms with Gasteiger partial charge in [-0.2, -0.15) is 4.57 Å². The van der Waals surface area contributed by atoms with Crippen molar-refractivity contribution in [1.29, 1.82) is 0 Å². The van der Waals surface area contributed by atoms with Crippen LogP contribution in [0.1, 0.15) is 44.5 Å². The molecule has 1 aromatic heterocycles. The largest absolute Gasteiger partial charge is 0.466 e. The third-order valence-corrected chi connectivity index (χ3v) is 7.12. The molecule has 0 amide bonds. The number of thiazole rings is 1. The molecule has 1 fully saturated rings. The van der Waals surface area contributed by atoms with Crippen LogP contribution in [0.25, 0.3) is 16.3 Å². The van der Waals surface area contributed by atoms with E-state index in [2.05, 4.69) is 65.0 Å². The van der Waals surface area contributed by atoms with Gasteiger partial charge in [0.15, 0.2) is 0 Å². The maximum absolute atomic E-state index is 12.6. The minimum absolute atomic E-state index is 0.0978. The van der Waals surface area contributed by atoms with Crippen LogP contribution in [-0.2, 0) is 16.1 Å². The quantitative estimate of drug-likeness (QED) is 0.479. The van der Waals surface area contributed by atoms with Gasteiger partial charge in [0, 0.05) is 30.9 Å². The zero-order chi connectivity index (χ0) is 20.9. The number of nitrogens with zero attached hydrogens (tertiary/aromatic N) is 2. The Morgan fingerprint density at radius 1 is 1.27 bits per heavy atom. The van der Waals surface area contributed by atoms with Gasteiger partial charge in [-0.25, -0.2) is 0 Å². The Balaban J connectivity index is 1.63. The second-order valence-corrected chi connectivity index (χ2v) is 8.91. The molecule has 1 aromatic carbocycles. The standard InChI is InChI=1S/C25H31N2O2S/c1-3-27-22-11-5-6-12-23(22)30-24(27)13-9-10-19-18-20(26-16-7-8-17-26)14-15-21(19)25(28)29-4-2/h5-6,9-13,18,21H,3-4,7-8,14-17H2,1-2H3/q+1. The highest BCUT2D eigenvalue weighted by Crippen LogP contribution is 2.33. The van der Waals surface area contributed by atoms with Crippen molar-refractivity contribution in [1.82, 2.24) is 4.90 Å². The van der Waals surface area contributed by atoms with Gasteiger partial charge in [-0.15, -0.1) is 0 Å². The van der Waals surface area contributed by atoms with Crippen molar-refractivity contribution >= 4 is 33.6 Å². The number of hydrogen-bond acceptors (Lipinski definition) is 4. The predicted molar refractivity (Wildman–Crippen MR) is 123 cm³/mol. The lowest BCUT2D eigenvalue weighted by atomic mass is 9.86. The van der Waals surface area contributed by atoms with E-state index in [1.54, 1.807) is 11.3 Å². The second-order valence-electron chi connectivity index (χ2n) is 7.85. The number of aromatic nitrogens is 1. The van der Waals surface area contributed by atoms with Crippen LogP contribution in [0.2, 0.25) is 0 Å². The van der Waals surface area contributed by atoms with Gasteiger partial charge in [-0.3, -0.25) is 4.79 Å². The minimum atomic E-state index is -0.165. The fourth-order valence-electron chi connectivity index (χ4n) is 4.48. The number of likely N-dealkylation sites (tertiary alicyclic amines) is 1. The lowest BCUT2D eigenvalue weighted by molar-refractivity contribution is -0.665. The van der Waals surface area contributed by atoms with Gasteiger partial charge in [0.2, 0.25) is 5.52 Å². The molecule has 4 rings (SSSR count). The number of hydrogen-bond donors (Lipinski definition) is 0. The summed E-state index contributed by atoms with van der Waals surface area (Å²) in [6.45, 7) is 7.69. The number of benzene rings is 1. The van der Waals surface area contributed by atoms with Gasteiger partial charge < -0.3 is 9.64 Å². The number of carbonyl (C=O) groups is 1. The molecule has 0 N–H and O–H groups in total. The smallest absolute Gasteiger partial charge is 0.313 e. The average molecular weight is 424 g/mol. The number of allylic oxidation sites excluding steroid dienone is 4. The SMILES string of the molecule is CCOC(=O)C1CCC(N2CCCC2)=CC1=CC=Cc1sc2ccccc2[n+]1CC. The molecular formula is C25H31N2O2S+. The van der Waals surface area contributed by atoms with E-state index >= 15 is 0 Å². The Hall–Kier alpha value is -2.40. The Labute approximate surface area is 183 Å². The summed E-state index contributed by atoms with van der Waals surface area (Å²) in [6, 6.07) is 8.53. The van der Waals surface area contributed by atoms with Crippen LogP contribution in [-0.4, -0.2) is 30.6 Å². The molecule has 2 heterocycles. The van der Waals surface area contributed by atoms with Crippen LogP contribution in [0.4, 0.5) is 0 Å². The zero-order valence-electron chi connectivity index (χ0n) is 18.0. The third-order valence-electron chi connectivity index (χ3n) is 5.99. The zero-order valence-corrected chi connectivity index (χ0v) is 18.8. The topological polar surface area (TPSA) is 33.4 Å². The lowest BCUT2D eigenvalue weighted by Gasteiger charge is -2.29.